The lowest BCUT2D eigenvalue weighted by molar-refractivity contribution is -0.385. The number of halogens is 1. The van der Waals surface area contributed by atoms with Gasteiger partial charge in [-0.15, -0.1) is 0 Å². The van der Waals surface area contributed by atoms with E-state index in [2.05, 4.69) is 21.2 Å². The zero-order valence-corrected chi connectivity index (χ0v) is 23.2. The lowest BCUT2D eigenvalue weighted by atomic mass is 10.2. The van der Waals surface area contributed by atoms with Crippen molar-refractivity contribution in [3.8, 4) is 5.75 Å². The summed E-state index contributed by atoms with van der Waals surface area (Å²) in [7, 11) is -4.35. The van der Waals surface area contributed by atoms with Crippen LogP contribution in [0.5, 0.6) is 5.75 Å². The average Bonchev–Trinajstić information content (AvgIpc) is 3.13. The number of nitro benzene ring substituents is 1. The van der Waals surface area contributed by atoms with Crippen molar-refractivity contribution in [3.05, 3.63) is 97.3 Å². The number of anilines is 1. The van der Waals surface area contributed by atoms with Gasteiger partial charge in [-0.1, -0.05) is 30.3 Å². The van der Waals surface area contributed by atoms with Gasteiger partial charge in [0.1, 0.15) is 17.2 Å². The highest BCUT2D eigenvalue weighted by Crippen LogP contribution is 2.33. The molecule has 39 heavy (non-hydrogen) atoms. The van der Waals surface area contributed by atoms with Gasteiger partial charge in [0.05, 0.1) is 15.5 Å². The van der Waals surface area contributed by atoms with E-state index >= 15 is 0 Å². The molecule has 0 radical (unpaired) electrons. The summed E-state index contributed by atoms with van der Waals surface area (Å²) in [6.07, 6.45) is 1.43. The molecule has 3 aromatic carbocycles. The second-order valence-corrected chi connectivity index (χ2v) is 11.5. The average molecular weight is 632 g/mol. The fourth-order valence-electron chi connectivity index (χ4n) is 3.42. The van der Waals surface area contributed by atoms with Gasteiger partial charge in [-0.25, -0.2) is 0 Å². The van der Waals surface area contributed by atoms with Crippen molar-refractivity contribution in [1.82, 2.24) is 4.90 Å². The molecule has 1 N–H and O–H groups in total. The van der Waals surface area contributed by atoms with E-state index in [-0.39, 0.29) is 21.2 Å². The van der Waals surface area contributed by atoms with Crippen LogP contribution in [0, 0.1) is 17.0 Å². The third kappa shape index (κ3) is 6.53. The van der Waals surface area contributed by atoms with Gasteiger partial charge in [0.2, 0.25) is 5.91 Å². The zero-order chi connectivity index (χ0) is 28.3. The Morgan fingerprint density at radius 2 is 1.82 bits per heavy atom. The molecule has 14 heteroatoms. The fraction of sp³-hybridized carbons (Fsp3) is 0.0800. The highest BCUT2D eigenvalue weighted by molar-refractivity contribution is 9.10. The molecule has 0 saturated carbocycles. The summed E-state index contributed by atoms with van der Waals surface area (Å²) in [4.78, 5) is 48.5. The molecule has 0 atom stereocenters. The van der Waals surface area contributed by atoms with Gasteiger partial charge >= 0.3 is 10.1 Å². The maximum Gasteiger partial charge on any atom is 0.339 e. The maximum absolute atomic E-state index is 12.8. The van der Waals surface area contributed by atoms with Gasteiger partial charge in [0, 0.05) is 16.1 Å². The Kier molecular flexibility index (Phi) is 8.18. The maximum atomic E-state index is 12.8. The smallest absolute Gasteiger partial charge is 0.339 e. The standard InChI is InChI=1S/C25H18BrN3O8S2/c1-15-6-11-18(13-21(15)29(33)34)39(35,36)37-17-9-7-16(8-10-17)12-22-24(31)28(25(32)38-22)14-23(30)27-20-5-3-2-4-19(20)26/h2-13H,14H2,1H3,(H,27,30)/b22-12-. The molecular formula is C25H18BrN3O8S2. The molecule has 200 valence electrons. The molecule has 0 aromatic heterocycles. The number of nitro groups is 1. The molecule has 11 nitrogen and oxygen atoms in total. The number of benzene rings is 3. The predicted octanol–water partition coefficient (Wildman–Crippen LogP) is 5.11. The Balaban J connectivity index is 1.43. The topological polar surface area (TPSA) is 153 Å². The second kappa shape index (κ2) is 11.4. The van der Waals surface area contributed by atoms with Crippen molar-refractivity contribution in [2.45, 2.75) is 11.8 Å². The summed E-state index contributed by atoms with van der Waals surface area (Å²) in [5, 5.41) is 13.2. The summed E-state index contributed by atoms with van der Waals surface area (Å²) >= 11 is 3.98. The quantitative estimate of drug-likeness (QED) is 0.155. The molecule has 3 amide bonds. The van der Waals surface area contributed by atoms with Gasteiger partial charge in [0.15, 0.2) is 0 Å². The lowest BCUT2D eigenvalue weighted by Gasteiger charge is -2.13. The number of para-hydroxylation sites is 1. The summed E-state index contributed by atoms with van der Waals surface area (Å²) in [5.41, 5.74) is 0.913. The van der Waals surface area contributed by atoms with Crippen molar-refractivity contribution >= 4 is 72.3 Å². The van der Waals surface area contributed by atoms with Crippen LogP contribution in [0.3, 0.4) is 0 Å². The molecule has 1 aliphatic rings. The molecular weight excluding hydrogens is 614 g/mol. The van der Waals surface area contributed by atoms with Crippen molar-refractivity contribution in [1.29, 1.82) is 0 Å². The van der Waals surface area contributed by atoms with Crippen LogP contribution in [-0.4, -0.2) is 41.8 Å². The zero-order valence-electron chi connectivity index (χ0n) is 20.0. The van der Waals surface area contributed by atoms with E-state index in [9.17, 15) is 32.9 Å². The third-order valence-corrected chi connectivity index (χ3v) is 8.22. The molecule has 0 aliphatic carbocycles. The number of hydrogen-bond donors (Lipinski definition) is 1. The monoisotopic (exact) mass is 631 g/mol. The van der Waals surface area contributed by atoms with Gasteiger partial charge in [0.25, 0.3) is 16.8 Å². The molecule has 0 bridgehead atoms. The molecule has 3 aromatic rings. The third-order valence-electron chi connectivity index (χ3n) is 5.37. The number of carbonyl (C=O) groups is 3. The van der Waals surface area contributed by atoms with Crippen molar-refractivity contribution in [2.24, 2.45) is 0 Å². The Morgan fingerprint density at radius 3 is 2.49 bits per heavy atom. The van der Waals surface area contributed by atoms with Gasteiger partial charge in [-0.2, -0.15) is 8.42 Å². The van der Waals surface area contributed by atoms with Crippen LogP contribution in [0.1, 0.15) is 11.1 Å². The predicted molar refractivity (Wildman–Crippen MR) is 148 cm³/mol. The van der Waals surface area contributed by atoms with Crippen LogP contribution in [0.4, 0.5) is 16.2 Å². The van der Waals surface area contributed by atoms with E-state index in [1.165, 1.54) is 49.4 Å². The SMILES string of the molecule is Cc1ccc(S(=O)(=O)Oc2ccc(/C=C3\SC(=O)N(CC(=O)Nc4ccccc4Br)C3=O)cc2)cc1[N+](=O)[O-]. The number of carbonyl (C=O) groups excluding carboxylic acids is 3. The van der Waals surface area contributed by atoms with E-state index in [1.54, 1.807) is 24.3 Å². The minimum atomic E-state index is -4.35. The summed E-state index contributed by atoms with van der Waals surface area (Å²) in [5.74, 6) is -1.25. The largest absolute Gasteiger partial charge is 0.379 e. The Labute approximate surface area is 235 Å². The molecule has 1 heterocycles. The first kappa shape index (κ1) is 28.0. The number of amides is 3. The number of imide groups is 1. The van der Waals surface area contributed by atoms with Gasteiger partial charge in [-0.3, -0.25) is 29.4 Å². The first-order chi connectivity index (χ1) is 18.4. The number of thioether (sulfide) groups is 1. The first-order valence-electron chi connectivity index (χ1n) is 11.0. The van der Waals surface area contributed by atoms with Crippen molar-refractivity contribution in [3.63, 3.8) is 0 Å². The lowest BCUT2D eigenvalue weighted by Crippen LogP contribution is -2.36. The Bertz CT molecular complexity index is 1640. The highest BCUT2D eigenvalue weighted by atomic mass is 79.9. The second-order valence-electron chi connectivity index (χ2n) is 8.11. The molecule has 0 spiro atoms. The number of nitrogens with one attached hydrogen (secondary N) is 1. The van der Waals surface area contributed by atoms with Crippen LogP contribution >= 0.6 is 27.7 Å². The minimum Gasteiger partial charge on any atom is -0.379 e. The summed E-state index contributed by atoms with van der Waals surface area (Å²) in [6, 6.07) is 16.0. The van der Waals surface area contributed by atoms with E-state index < -0.39 is 38.6 Å². The van der Waals surface area contributed by atoms with Crippen molar-refractivity contribution < 1.29 is 31.9 Å². The van der Waals surface area contributed by atoms with Gasteiger partial charge < -0.3 is 9.50 Å². The Morgan fingerprint density at radius 1 is 1.13 bits per heavy atom. The van der Waals surface area contributed by atoms with E-state index in [1.807, 2.05) is 0 Å². The normalized spacial score (nSPS) is 14.5. The molecule has 4 rings (SSSR count). The summed E-state index contributed by atoms with van der Waals surface area (Å²) < 4.78 is 30.9. The number of aryl methyl sites for hydroxylation is 1. The van der Waals surface area contributed by atoms with Crippen LogP contribution < -0.4 is 9.50 Å². The highest BCUT2D eigenvalue weighted by Gasteiger charge is 2.36. The van der Waals surface area contributed by atoms with E-state index in [0.29, 0.717) is 33.0 Å². The fourth-order valence-corrected chi connectivity index (χ4v) is 5.59. The van der Waals surface area contributed by atoms with E-state index in [0.717, 1.165) is 11.0 Å². The molecule has 1 aliphatic heterocycles. The van der Waals surface area contributed by atoms with Crippen LogP contribution in [0.25, 0.3) is 6.08 Å². The Hall–Kier alpha value is -4.01. The van der Waals surface area contributed by atoms with Crippen LogP contribution in [0.2, 0.25) is 0 Å². The van der Waals surface area contributed by atoms with Gasteiger partial charge in [-0.05, 0) is 76.6 Å². The van der Waals surface area contributed by atoms with Crippen molar-refractivity contribution in [2.75, 3.05) is 11.9 Å². The van der Waals surface area contributed by atoms with E-state index in [4.69, 9.17) is 4.18 Å². The minimum absolute atomic E-state index is 0.0628. The number of nitrogens with zero attached hydrogens (tertiary/aromatic N) is 2. The number of rotatable bonds is 8. The molecule has 0 unspecified atom stereocenters. The molecule has 1 fully saturated rings. The van der Waals surface area contributed by atoms with Crippen LogP contribution in [0.15, 0.2) is 81.0 Å². The molecule has 1 saturated heterocycles. The van der Waals surface area contributed by atoms with Crippen LogP contribution in [-0.2, 0) is 19.7 Å². The number of hydrogen-bond acceptors (Lipinski definition) is 9. The summed E-state index contributed by atoms with van der Waals surface area (Å²) in [6.45, 7) is 1.02. The first-order valence-corrected chi connectivity index (χ1v) is 14.1.